The standard InChI is InChI=1S/C17H17BrCl2N2O/c1-11-3-8-14(19)17(16(11)20)21-15(23)10-22(2)9-12-4-6-13(18)7-5-12/h3-8H,9-10H2,1-2H3,(H,21,23). The number of carbonyl (C=O) groups excluding carboxylic acids is 1. The van der Waals surface area contributed by atoms with Crippen molar-refractivity contribution in [3.8, 4) is 0 Å². The van der Waals surface area contributed by atoms with Crippen molar-refractivity contribution < 1.29 is 4.79 Å². The summed E-state index contributed by atoms with van der Waals surface area (Å²) in [5.74, 6) is -0.154. The first kappa shape index (κ1) is 18.3. The van der Waals surface area contributed by atoms with Crippen LogP contribution in [0.5, 0.6) is 0 Å². The zero-order valence-electron chi connectivity index (χ0n) is 12.9. The van der Waals surface area contributed by atoms with Crippen molar-refractivity contribution >= 4 is 50.7 Å². The Hall–Kier alpha value is -1.07. The third-order valence-electron chi connectivity index (χ3n) is 3.33. The molecule has 0 aliphatic heterocycles. The number of hydrogen-bond acceptors (Lipinski definition) is 2. The molecule has 0 saturated carbocycles. The average molecular weight is 416 g/mol. The minimum atomic E-state index is -0.154. The molecule has 1 N–H and O–H groups in total. The Balaban J connectivity index is 1.97. The first-order valence-electron chi connectivity index (χ1n) is 7.04. The topological polar surface area (TPSA) is 32.3 Å². The van der Waals surface area contributed by atoms with Crippen molar-refractivity contribution in [3.05, 3.63) is 62.0 Å². The predicted molar refractivity (Wildman–Crippen MR) is 100 cm³/mol. The summed E-state index contributed by atoms with van der Waals surface area (Å²) in [6.07, 6.45) is 0. The molecule has 0 radical (unpaired) electrons. The van der Waals surface area contributed by atoms with Crippen molar-refractivity contribution in [2.75, 3.05) is 18.9 Å². The molecule has 2 aromatic rings. The summed E-state index contributed by atoms with van der Waals surface area (Å²) in [4.78, 5) is 14.1. The smallest absolute Gasteiger partial charge is 0.238 e. The molecule has 2 aromatic carbocycles. The number of benzene rings is 2. The van der Waals surface area contributed by atoms with Gasteiger partial charge in [0.15, 0.2) is 0 Å². The molecule has 0 aliphatic carbocycles. The second kappa shape index (κ2) is 8.15. The van der Waals surface area contributed by atoms with Crippen LogP contribution in [0.4, 0.5) is 5.69 Å². The summed E-state index contributed by atoms with van der Waals surface area (Å²) in [7, 11) is 1.89. The van der Waals surface area contributed by atoms with E-state index in [4.69, 9.17) is 23.2 Å². The van der Waals surface area contributed by atoms with Crippen LogP contribution in [0.3, 0.4) is 0 Å². The van der Waals surface area contributed by atoms with E-state index in [1.807, 2.05) is 49.2 Å². The Morgan fingerprint density at radius 2 is 1.83 bits per heavy atom. The van der Waals surface area contributed by atoms with E-state index in [2.05, 4.69) is 21.2 Å². The molecule has 23 heavy (non-hydrogen) atoms. The zero-order chi connectivity index (χ0) is 17.0. The quantitative estimate of drug-likeness (QED) is 0.733. The monoisotopic (exact) mass is 414 g/mol. The molecule has 0 fully saturated rings. The highest BCUT2D eigenvalue weighted by molar-refractivity contribution is 9.10. The van der Waals surface area contributed by atoms with Crippen LogP contribution in [0.1, 0.15) is 11.1 Å². The normalized spacial score (nSPS) is 10.9. The Morgan fingerprint density at radius 3 is 2.48 bits per heavy atom. The first-order valence-corrected chi connectivity index (χ1v) is 8.59. The summed E-state index contributed by atoms with van der Waals surface area (Å²) >= 11 is 15.7. The summed E-state index contributed by atoms with van der Waals surface area (Å²) in [5.41, 5.74) is 2.47. The number of rotatable bonds is 5. The molecule has 0 saturated heterocycles. The molecule has 122 valence electrons. The van der Waals surface area contributed by atoms with Crippen molar-refractivity contribution in [3.63, 3.8) is 0 Å². The van der Waals surface area contributed by atoms with Gasteiger partial charge in [0.25, 0.3) is 0 Å². The zero-order valence-corrected chi connectivity index (χ0v) is 16.0. The fraction of sp³-hybridized carbons (Fsp3) is 0.235. The molecule has 1 amide bonds. The molecular weight excluding hydrogens is 399 g/mol. The highest BCUT2D eigenvalue weighted by atomic mass is 79.9. The maximum absolute atomic E-state index is 12.2. The lowest BCUT2D eigenvalue weighted by Crippen LogP contribution is -2.30. The van der Waals surface area contributed by atoms with Gasteiger partial charge in [-0.1, -0.05) is 57.3 Å². The van der Waals surface area contributed by atoms with Gasteiger partial charge in [-0.2, -0.15) is 0 Å². The van der Waals surface area contributed by atoms with Crippen LogP contribution in [-0.2, 0) is 11.3 Å². The minimum absolute atomic E-state index is 0.154. The van der Waals surface area contributed by atoms with Gasteiger partial charge in [-0.15, -0.1) is 0 Å². The highest BCUT2D eigenvalue weighted by Crippen LogP contribution is 2.32. The summed E-state index contributed by atoms with van der Waals surface area (Å²) in [5, 5.41) is 3.70. The van der Waals surface area contributed by atoms with Crippen LogP contribution in [0.25, 0.3) is 0 Å². The molecule has 6 heteroatoms. The fourth-order valence-electron chi connectivity index (χ4n) is 2.15. The van der Waals surface area contributed by atoms with E-state index in [1.54, 1.807) is 6.07 Å². The molecule has 0 atom stereocenters. The molecule has 0 bridgehead atoms. The third-order valence-corrected chi connectivity index (χ3v) is 4.66. The van der Waals surface area contributed by atoms with Gasteiger partial charge in [0.2, 0.25) is 5.91 Å². The average Bonchev–Trinajstić information content (AvgIpc) is 2.50. The van der Waals surface area contributed by atoms with E-state index in [0.29, 0.717) is 22.3 Å². The number of halogens is 3. The Bertz CT molecular complexity index is 704. The van der Waals surface area contributed by atoms with Gasteiger partial charge < -0.3 is 5.32 Å². The number of hydrogen-bond donors (Lipinski definition) is 1. The maximum atomic E-state index is 12.2. The van der Waals surface area contributed by atoms with Gasteiger partial charge in [0.1, 0.15) is 0 Å². The van der Waals surface area contributed by atoms with Crippen LogP contribution in [0, 0.1) is 6.92 Å². The number of anilines is 1. The van der Waals surface area contributed by atoms with Crippen LogP contribution in [0.2, 0.25) is 10.0 Å². The van der Waals surface area contributed by atoms with E-state index in [-0.39, 0.29) is 12.5 Å². The second-order valence-electron chi connectivity index (χ2n) is 5.40. The summed E-state index contributed by atoms with van der Waals surface area (Å²) in [6.45, 7) is 2.79. The fourth-order valence-corrected chi connectivity index (χ4v) is 2.88. The lowest BCUT2D eigenvalue weighted by atomic mass is 10.2. The van der Waals surface area contributed by atoms with E-state index >= 15 is 0 Å². The van der Waals surface area contributed by atoms with Crippen LogP contribution in [-0.4, -0.2) is 24.4 Å². The first-order chi connectivity index (χ1) is 10.9. The number of nitrogens with zero attached hydrogens (tertiary/aromatic N) is 1. The van der Waals surface area contributed by atoms with Gasteiger partial charge in [-0.05, 0) is 43.3 Å². The minimum Gasteiger partial charge on any atom is -0.322 e. The van der Waals surface area contributed by atoms with Gasteiger partial charge in [-0.3, -0.25) is 9.69 Å². The molecule has 0 spiro atoms. The molecular formula is C17H17BrCl2N2O. The van der Waals surface area contributed by atoms with E-state index in [1.165, 1.54) is 0 Å². The Kier molecular flexibility index (Phi) is 6.48. The van der Waals surface area contributed by atoms with Crippen LogP contribution < -0.4 is 5.32 Å². The van der Waals surface area contributed by atoms with E-state index in [9.17, 15) is 4.79 Å². The predicted octanol–water partition coefficient (Wildman–Crippen LogP) is 5.13. The van der Waals surface area contributed by atoms with Crippen LogP contribution >= 0.6 is 39.1 Å². The molecule has 0 heterocycles. The van der Waals surface area contributed by atoms with Crippen molar-refractivity contribution in [1.29, 1.82) is 0 Å². The van der Waals surface area contributed by atoms with Gasteiger partial charge in [0.05, 0.1) is 22.3 Å². The van der Waals surface area contributed by atoms with Gasteiger partial charge in [0, 0.05) is 11.0 Å². The molecule has 0 unspecified atom stereocenters. The van der Waals surface area contributed by atoms with Crippen LogP contribution in [0.15, 0.2) is 40.9 Å². The molecule has 0 aromatic heterocycles. The number of aryl methyl sites for hydroxylation is 1. The maximum Gasteiger partial charge on any atom is 0.238 e. The van der Waals surface area contributed by atoms with E-state index < -0.39 is 0 Å². The number of amides is 1. The highest BCUT2D eigenvalue weighted by Gasteiger charge is 2.13. The lowest BCUT2D eigenvalue weighted by Gasteiger charge is -2.17. The van der Waals surface area contributed by atoms with Gasteiger partial charge in [-0.25, -0.2) is 0 Å². The third kappa shape index (κ3) is 5.21. The lowest BCUT2D eigenvalue weighted by molar-refractivity contribution is -0.117. The van der Waals surface area contributed by atoms with Crippen molar-refractivity contribution in [2.24, 2.45) is 0 Å². The molecule has 3 nitrogen and oxygen atoms in total. The SMILES string of the molecule is Cc1ccc(Cl)c(NC(=O)CN(C)Cc2ccc(Br)cc2)c1Cl. The van der Waals surface area contributed by atoms with Crippen molar-refractivity contribution in [1.82, 2.24) is 4.90 Å². The Labute approximate surface area is 154 Å². The summed E-state index contributed by atoms with van der Waals surface area (Å²) in [6, 6.07) is 11.6. The summed E-state index contributed by atoms with van der Waals surface area (Å²) < 4.78 is 1.03. The Morgan fingerprint density at radius 1 is 1.17 bits per heavy atom. The second-order valence-corrected chi connectivity index (χ2v) is 7.10. The van der Waals surface area contributed by atoms with Gasteiger partial charge >= 0.3 is 0 Å². The number of likely N-dealkylation sites (N-methyl/N-ethyl adjacent to an activating group) is 1. The number of carbonyl (C=O) groups is 1. The van der Waals surface area contributed by atoms with E-state index in [0.717, 1.165) is 15.6 Å². The van der Waals surface area contributed by atoms with Crippen molar-refractivity contribution in [2.45, 2.75) is 13.5 Å². The number of nitrogens with one attached hydrogen (secondary N) is 1. The molecule has 2 rings (SSSR count). The largest absolute Gasteiger partial charge is 0.322 e. The molecule has 0 aliphatic rings.